The van der Waals surface area contributed by atoms with Crippen LogP contribution in [0.15, 0.2) is 42.5 Å². The van der Waals surface area contributed by atoms with Gasteiger partial charge in [0.05, 0.1) is 23.5 Å². The molecule has 104 valence electrons. The zero-order valence-corrected chi connectivity index (χ0v) is 12.0. The van der Waals surface area contributed by atoms with Gasteiger partial charge in [-0.25, -0.2) is 4.79 Å². The van der Waals surface area contributed by atoms with Crippen molar-refractivity contribution in [1.82, 2.24) is 0 Å². The Balaban J connectivity index is 2.09. The van der Waals surface area contributed by atoms with Crippen molar-refractivity contribution >= 4 is 29.0 Å². The smallest absolute Gasteiger partial charge is 0.323 e. The highest BCUT2D eigenvalue weighted by molar-refractivity contribution is 6.33. The van der Waals surface area contributed by atoms with Gasteiger partial charge in [0.1, 0.15) is 5.75 Å². The highest BCUT2D eigenvalue weighted by Gasteiger charge is 2.08. The molecule has 0 heterocycles. The Kier molecular flexibility index (Phi) is 4.48. The van der Waals surface area contributed by atoms with Gasteiger partial charge in [-0.3, -0.25) is 0 Å². The number of benzene rings is 2. The summed E-state index contributed by atoms with van der Waals surface area (Å²) in [5.74, 6) is 0.595. The summed E-state index contributed by atoms with van der Waals surface area (Å²) >= 11 is 6.07. The standard InChI is InChI=1S/C15H15ClN2O2/c1-10-7-8-12(11(16)9-10)17-15(19)18-13-5-3-4-6-14(13)20-2/h3-9H,1-2H3,(H2,17,18,19). The van der Waals surface area contributed by atoms with E-state index in [1.165, 1.54) is 0 Å². The van der Waals surface area contributed by atoms with Crippen molar-refractivity contribution in [3.63, 3.8) is 0 Å². The Labute approximate surface area is 122 Å². The number of carbonyl (C=O) groups is 1. The van der Waals surface area contributed by atoms with E-state index in [1.807, 2.05) is 25.1 Å². The first-order valence-corrected chi connectivity index (χ1v) is 6.45. The molecular formula is C15H15ClN2O2. The molecule has 2 N–H and O–H groups in total. The van der Waals surface area contributed by atoms with E-state index in [1.54, 1.807) is 31.4 Å². The van der Waals surface area contributed by atoms with Gasteiger partial charge in [0.25, 0.3) is 0 Å². The summed E-state index contributed by atoms with van der Waals surface area (Å²) in [5.41, 5.74) is 2.19. The molecule has 5 heteroatoms. The number of methoxy groups -OCH3 is 1. The van der Waals surface area contributed by atoms with Gasteiger partial charge in [0.15, 0.2) is 0 Å². The Morgan fingerprint density at radius 1 is 1.10 bits per heavy atom. The number of hydrogen-bond donors (Lipinski definition) is 2. The Hall–Kier alpha value is -2.20. The largest absolute Gasteiger partial charge is 0.495 e. The molecule has 2 amide bonds. The van der Waals surface area contributed by atoms with Crippen LogP contribution in [-0.4, -0.2) is 13.1 Å². The lowest BCUT2D eigenvalue weighted by Gasteiger charge is -2.12. The summed E-state index contributed by atoms with van der Waals surface area (Å²) in [5, 5.41) is 5.92. The Morgan fingerprint density at radius 3 is 2.50 bits per heavy atom. The first-order chi connectivity index (χ1) is 9.60. The van der Waals surface area contributed by atoms with Crippen LogP contribution in [0.25, 0.3) is 0 Å². The molecule has 0 aliphatic heterocycles. The van der Waals surface area contributed by atoms with Gasteiger partial charge in [0, 0.05) is 0 Å². The van der Waals surface area contributed by atoms with Crippen LogP contribution in [0.4, 0.5) is 16.2 Å². The molecule has 0 atom stereocenters. The molecule has 0 saturated carbocycles. The number of carbonyl (C=O) groups excluding carboxylic acids is 1. The lowest BCUT2D eigenvalue weighted by atomic mass is 10.2. The van der Waals surface area contributed by atoms with E-state index in [-0.39, 0.29) is 6.03 Å². The first-order valence-electron chi connectivity index (χ1n) is 6.07. The number of amides is 2. The average Bonchev–Trinajstić information content (AvgIpc) is 2.42. The van der Waals surface area contributed by atoms with Gasteiger partial charge < -0.3 is 15.4 Å². The van der Waals surface area contributed by atoms with Crippen molar-refractivity contribution in [2.45, 2.75) is 6.92 Å². The summed E-state index contributed by atoms with van der Waals surface area (Å²) in [6, 6.07) is 12.2. The highest BCUT2D eigenvalue weighted by atomic mass is 35.5. The lowest BCUT2D eigenvalue weighted by molar-refractivity contribution is 0.262. The first kappa shape index (κ1) is 14.2. The Morgan fingerprint density at radius 2 is 1.80 bits per heavy atom. The maximum absolute atomic E-state index is 12.0. The van der Waals surface area contributed by atoms with Crippen molar-refractivity contribution in [1.29, 1.82) is 0 Å². The minimum atomic E-state index is -0.375. The number of halogens is 1. The third kappa shape index (κ3) is 3.42. The number of para-hydroxylation sites is 2. The third-order valence-corrected chi connectivity index (χ3v) is 3.04. The number of aryl methyl sites for hydroxylation is 1. The molecular weight excluding hydrogens is 276 g/mol. The van der Waals surface area contributed by atoms with Crippen molar-refractivity contribution in [2.24, 2.45) is 0 Å². The highest BCUT2D eigenvalue weighted by Crippen LogP contribution is 2.25. The second kappa shape index (κ2) is 6.30. The molecule has 0 spiro atoms. The van der Waals surface area contributed by atoms with E-state index in [2.05, 4.69) is 10.6 Å². The van der Waals surface area contributed by atoms with Crippen LogP contribution in [-0.2, 0) is 0 Å². The summed E-state index contributed by atoms with van der Waals surface area (Å²) in [6.45, 7) is 1.94. The van der Waals surface area contributed by atoms with Gasteiger partial charge in [-0.2, -0.15) is 0 Å². The molecule has 0 bridgehead atoms. The topological polar surface area (TPSA) is 50.4 Å². The monoisotopic (exact) mass is 290 g/mol. The van der Waals surface area contributed by atoms with Crippen LogP contribution >= 0.6 is 11.6 Å². The van der Waals surface area contributed by atoms with Gasteiger partial charge in [0.2, 0.25) is 0 Å². The number of nitrogens with one attached hydrogen (secondary N) is 2. The molecule has 2 aromatic carbocycles. The second-order valence-corrected chi connectivity index (χ2v) is 4.67. The molecule has 20 heavy (non-hydrogen) atoms. The van der Waals surface area contributed by atoms with Gasteiger partial charge >= 0.3 is 6.03 Å². The molecule has 2 aromatic rings. The van der Waals surface area contributed by atoms with Crippen LogP contribution in [0.2, 0.25) is 5.02 Å². The molecule has 0 saturated heterocycles. The van der Waals surface area contributed by atoms with E-state index >= 15 is 0 Å². The number of ether oxygens (including phenoxy) is 1. The molecule has 4 nitrogen and oxygen atoms in total. The van der Waals surface area contributed by atoms with Gasteiger partial charge in [-0.15, -0.1) is 0 Å². The van der Waals surface area contributed by atoms with E-state index in [9.17, 15) is 4.79 Å². The predicted molar refractivity (Wildman–Crippen MR) is 81.8 cm³/mol. The van der Waals surface area contributed by atoms with Gasteiger partial charge in [-0.05, 0) is 36.8 Å². The summed E-state index contributed by atoms with van der Waals surface area (Å²) in [7, 11) is 1.55. The minimum absolute atomic E-state index is 0.375. The number of urea groups is 1. The van der Waals surface area contributed by atoms with Crippen LogP contribution in [0.3, 0.4) is 0 Å². The zero-order valence-electron chi connectivity index (χ0n) is 11.2. The molecule has 2 rings (SSSR count). The number of rotatable bonds is 3. The van der Waals surface area contributed by atoms with Crippen LogP contribution in [0, 0.1) is 6.92 Å². The minimum Gasteiger partial charge on any atom is -0.495 e. The lowest BCUT2D eigenvalue weighted by Crippen LogP contribution is -2.20. The quantitative estimate of drug-likeness (QED) is 0.885. The van der Waals surface area contributed by atoms with E-state index in [0.717, 1.165) is 5.56 Å². The fourth-order valence-electron chi connectivity index (χ4n) is 1.75. The molecule has 0 aromatic heterocycles. The predicted octanol–water partition coefficient (Wildman–Crippen LogP) is 4.30. The summed E-state index contributed by atoms with van der Waals surface area (Å²) in [4.78, 5) is 12.0. The summed E-state index contributed by atoms with van der Waals surface area (Å²) in [6.07, 6.45) is 0. The Bertz CT molecular complexity index is 629. The SMILES string of the molecule is COc1ccccc1NC(=O)Nc1ccc(C)cc1Cl. The second-order valence-electron chi connectivity index (χ2n) is 4.26. The fraction of sp³-hybridized carbons (Fsp3) is 0.133. The van der Waals surface area contributed by atoms with Crippen molar-refractivity contribution in [3.8, 4) is 5.75 Å². The summed E-state index contributed by atoms with van der Waals surface area (Å²) < 4.78 is 5.17. The maximum Gasteiger partial charge on any atom is 0.323 e. The van der Waals surface area contributed by atoms with Crippen molar-refractivity contribution < 1.29 is 9.53 Å². The normalized spacial score (nSPS) is 9.95. The van der Waals surface area contributed by atoms with Crippen LogP contribution < -0.4 is 15.4 Å². The molecule has 0 aliphatic carbocycles. The molecule has 0 aliphatic rings. The molecule has 0 radical (unpaired) electrons. The van der Waals surface area contributed by atoms with E-state index < -0.39 is 0 Å². The zero-order chi connectivity index (χ0) is 14.5. The third-order valence-electron chi connectivity index (χ3n) is 2.73. The average molecular weight is 291 g/mol. The van der Waals surface area contributed by atoms with Crippen LogP contribution in [0.1, 0.15) is 5.56 Å². The molecule has 0 unspecified atom stereocenters. The van der Waals surface area contributed by atoms with E-state index in [4.69, 9.17) is 16.3 Å². The molecule has 0 fully saturated rings. The van der Waals surface area contributed by atoms with E-state index in [0.29, 0.717) is 22.1 Å². The van der Waals surface area contributed by atoms with Crippen LogP contribution in [0.5, 0.6) is 5.75 Å². The number of hydrogen-bond acceptors (Lipinski definition) is 2. The van der Waals surface area contributed by atoms with Crippen molar-refractivity contribution in [3.05, 3.63) is 53.1 Å². The number of anilines is 2. The maximum atomic E-state index is 12.0. The van der Waals surface area contributed by atoms with Gasteiger partial charge in [-0.1, -0.05) is 29.8 Å². The fourth-order valence-corrected chi connectivity index (χ4v) is 2.03. The van der Waals surface area contributed by atoms with Crippen molar-refractivity contribution in [2.75, 3.05) is 17.7 Å².